The molecular weight excluding hydrogens is 697 g/mol. The average Bonchev–Trinajstić information content (AvgIpc) is 3.71. The van der Waals surface area contributed by atoms with Gasteiger partial charge in [0.1, 0.15) is 47.3 Å². The van der Waals surface area contributed by atoms with E-state index in [4.69, 9.17) is 37.5 Å². The summed E-state index contributed by atoms with van der Waals surface area (Å²) < 4.78 is 14.5. The molecule has 0 radical (unpaired) electrons. The predicted molar refractivity (Wildman–Crippen MR) is 188 cm³/mol. The molecule has 0 saturated heterocycles. The second kappa shape index (κ2) is 14.4. The topological polar surface area (TPSA) is 100 Å². The number of halogens is 3. The van der Waals surface area contributed by atoms with Crippen molar-refractivity contribution < 1.29 is 9.15 Å². The standard InChI is InChI=1S/C37H22BrCl2N5O2/c38-27-11-15-34(46-23-24-7-3-1-4-8-24)25(18-27)17-26(20-41)36-32(21-42)37(45(44-36)29-9-5-2-6-10-29)43-22-30-13-16-35(47-30)31-14-12-28(39)19-33(31)40/h1-19,22H,23H2/b26-17+,43-22?. The maximum absolute atomic E-state index is 10.4. The third-order valence-corrected chi connectivity index (χ3v) is 8.04. The van der Waals surface area contributed by atoms with Gasteiger partial charge in [0.15, 0.2) is 5.82 Å². The zero-order valence-corrected chi connectivity index (χ0v) is 27.5. The van der Waals surface area contributed by atoms with Crippen molar-refractivity contribution in [3.8, 4) is 34.9 Å². The number of aromatic nitrogens is 2. The Hall–Kier alpha value is -5.38. The third kappa shape index (κ3) is 7.22. The van der Waals surface area contributed by atoms with Crippen LogP contribution < -0.4 is 4.74 Å². The molecule has 0 aliphatic carbocycles. The molecule has 228 valence electrons. The van der Waals surface area contributed by atoms with Crippen LogP contribution in [0.15, 0.2) is 123 Å². The molecule has 0 spiro atoms. The zero-order chi connectivity index (χ0) is 32.8. The van der Waals surface area contributed by atoms with Crippen molar-refractivity contribution >= 4 is 62.8 Å². The maximum Gasteiger partial charge on any atom is 0.174 e. The van der Waals surface area contributed by atoms with Crippen molar-refractivity contribution in [2.45, 2.75) is 6.61 Å². The van der Waals surface area contributed by atoms with Gasteiger partial charge >= 0.3 is 0 Å². The van der Waals surface area contributed by atoms with E-state index >= 15 is 0 Å². The smallest absolute Gasteiger partial charge is 0.174 e. The first-order valence-electron chi connectivity index (χ1n) is 14.2. The van der Waals surface area contributed by atoms with Gasteiger partial charge in [-0.3, -0.25) is 0 Å². The fourth-order valence-electron chi connectivity index (χ4n) is 4.76. The summed E-state index contributed by atoms with van der Waals surface area (Å²) in [5.41, 5.74) is 3.42. The van der Waals surface area contributed by atoms with Crippen molar-refractivity contribution in [1.82, 2.24) is 9.78 Å². The predicted octanol–water partition coefficient (Wildman–Crippen LogP) is 10.5. The highest BCUT2D eigenvalue weighted by molar-refractivity contribution is 9.10. The molecule has 0 bridgehead atoms. The maximum atomic E-state index is 10.4. The Bertz CT molecular complexity index is 2210. The van der Waals surface area contributed by atoms with E-state index in [1.54, 1.807) is 36.4 Å². The number of allylic oxidation sites excluding steroid dienone is 1. The van der Waals surface area contributed by atoms with E-state index in [-0.39, 0.29) is 22.6 Å². The van der Waals surface area contributed by atoms with Gasteiger partial charge in [0, 0.05) is 20.6 Å². The lowest BCUT2D eigenvalue weighted by Crippen LogP contribution is -1.98. The van der Waals surface area contributed by atoms with Crippen LogP contribution in [0.4, 0.5) is 5.82 Å². The number of hydrogen-bond acceptors (Lipinski definition) is 6. The van der Waals surface area contributed by atoms with Crippen LogP contribution in [-0.4, -0.2) is 16.0 Å². The Morgan fingerprint density at radius 1 is 0.936 bits per heavy atom. The Balaban J connectivity index is 1.40. The van der Waals surface area contributed by atoms with Gasteiger partial charge in [0.05, 0.1) is 22.5 Å². The van der Waals surface area contributed by atoms with Crippen LogP contribution >= 0.6 is 39.1 Å². The molecule has 6 aromatic rings. The first kappa shape index (κ1) is 31.6. The summed E-state index contributed by atoms with van der Waals surface area (Å²) in [6.07, 6.45) is 3.15. The first-order valence-corrected chi connectivity index (χ1v) is 15.7. The molecule has 4 aromatic carbocycles. The summed E-state index contributed by atoms with van der Waals surface area (Å²) in [5.74, 6) is 1.74. The fraction of sp³-hybridized carbons (Fsp3) is 0.0270. The number of ether oxygens (including phenoxy) is 1. The molecule has 2 heterocycles. The molecule has 0 amide bonds. The minimum atomic E-state index is 0.118. The van der Waals surface area contributed by atoms with E-state index in [0.717, 1.165) is 10.0 Å². The van der Waals surface area contributed by atoms with Crippen LogP contribution in [0.1, 0.15) is 28.1 Å². The average molecular weight is 719 g/mol. The second-order valence-corrected chi connectivity index (χ2v) is 11.9. The van der Waals surface area contributed by atoms with Gasteiger partial charge in [-0.1, -0.05) is 87.7 Å². The number of aliphatic imine (C=N–C) groups is 1. The lowest BCUT2D eigenvalue weighted by molar-refractivity contribution is 0.305. The van der Waals surface area contributed by atoms with Crippen LogP contribution in [0.25, 0.3) is 28.7 Å². The summed E-state index contributed by atoms with van der Waals surface area (Å²) >= 11 is 15.9. The van der Waals surface area contributed by atoms with Gasteiger partial charge in [-0.05, 0) is 72.3 Å². The molecule has 10 heteroatoms. The highest BCUT2D eigenvalue weighted by Crippen LogP contribution is 2.34. The van der Waals surface area contributed by atoms with Crippen molar-refractivity contribution in [2.75, 3.05) is 0 Å². The molecule has 0 aliphatic rings. The minimum Gasteiger partial charge on any atom is -0.488 e. The van der Waals surface area contributed by atoms with E-state index in [1.165, 1.54) is 10.9 Å². The molecule has 0 saturated carbocycles. The van der Waals surface area contributed by atoms with E-state index in [2.05, 4.69) is 33.1 Å². The molecule has 0 fully saturated rings. The molecule has 0 N–H and O–H groups in total. The van der Waals surface area contributed by atoms with Gasteiger partial charge in [-0.2, -0.15) is 15.6 Å². The fourth-order valence-corrected chi connectivity index (χ4v) is 5.64. The van der Waals surface area contributed by atoms with Crippen LogP contribution in [0.3, 0.4) is 0 Å². The van der Waals surface area contributed by atoms with E-state index in [0.29, 0.717) is 50.7 Å². The normalized spacial score (nSPS) is 11.4. The third-order valence-electron chi connectivity index (χ3n) is 7.00. The monoisotopic (exact) mass is 717 g/mol. The number of benzene rings is 4. The molecule has 0 aliphatic heterocycles. The summed E-state index contributed by atoms with van der Waals surface area (Å²) in [4.78, 5) is 4.64. The highest BCUT2D eigenvalue weighted by atomic mass is 79.9. The van der Waals surface area contributed by atoms with Crippen LogP contribution in [0.5, 0.6) is 5.75 Å². The largest absolute Gasteiger partial charge is 0.488 e. The van der Waals surface area contributed by atoms with Gasteiger partial charge < -0.3 is 9.15 Å². The lowest BCUT2D eigenvalue weighted by atomic mass is 10.1. The molecule has 47 heavy (non-hydrogen) atoms. The number of nitrogens with zero attached hydrogens (tertiary/aromatic N) is 5. The zero-order valence-electron chi connectivity index (χ0n) is 24.4. The highest BCUT2D eigenvalue weighted by Gasteiger charge is 2.22. The Kier molecular flexibility index (Phi) is 9.66. The Morgan fingerprint density at radius 2 is 1.70 bits per heavy atom. The summed E-state index contributed by atoms with van der Waals surface area (Å²) in [7, 11) is 0. The lowest BCUT2D eigenvalue weighted by Gasteiger charge is -2.10. The first-order chi connectivity index (χ1) is 22.9. The van der Waals surface area contributed by atoms with Crippen molar-refractivity contribution in [2.24, 2.45) is 4.99 Å². The van der Waals surface area contributed by atoms with Gasteiger partial charge in [0.2, 0.25) is 0 Å². The molecular formula is C37H22BrCl2N5O2. The van der Waals surface area contributed by atoms with Crippen molar-refractivity contribution in [1.29, 1.82) is 10.5 Å². The SMILES string of the molecule is N#C/C(=C\c1cc(Br)ccc1OCc1ccccc1)c1nn(-c2ccccc2)c(N=Cc2ccc(-c3ccc(Cl)cc3Cl)o2)c1C#N. The van der Waals surface area contributed by atoms with E-state index in [1.807, 2.05) is 78.9 Å². The molecule has 7 nitrogen and oxygen atoms in total. The van der Waals surface area contributed by atoms with Gasteiger partial charge in [-0.15, -0.1) is 0 Å². The Morgan fingerprint density at radius 3 is 2.43 bits per heavy atom. The van der Waals surface area contributed by atoms with Crippen molar-refractivity contribution in [3.05, 3.63) is 152 Å². The summed E-state index contributed by atoms with van der Waals surface area (Å²) in [6.45, 7) is 0.342. The van der Waals surface area contributed by atoms with Gasteiger partial charge in [-0.25, -0.2) is 9.67 Å². The quantitative estimate of drug-likeness (QED) is 0.109. The minimum absolute atomic E-state index is 0.118. The number of para-hydroxylation sites is 1. The summed E-state index contributed by atoms with van der Waals surface area (Å²) in [6, 6.07) is 37.7. The number of hydrogen-bond donors (Lipinski definition) is 0. The Labute approximate surface area is 289 Å². The molecule has 2 aromatic heterocycles. The van der Waals surface area contributed by atoms with Crippen LogP contribution in [0, 0.1) is 22.7 Å². The molecule has 6 rings (SSSR count). The number of furan rings is 1. The molecule has 0 unspecified atom stereocenters. The van der Waals surface area contributed by atoms with Crippen LogP contribution in [-0.2, 0) is 6.61 Å². The van der Waals surface area contributed by atoms with E-state index < -0.39 is 0 Å². The van der Waals surface area contributed by atoms with Gasteiger partial charge in [0.25, 0.3) is 0 Å². The molecule has 0 atom stereocenters. The summed E-state index contributed by atoms with van der Waals surface area (Å²) in [5, 5.41) is 26.4. The van der Waals surface area contributed by atoms with Crippen LogP contribution in [0.2, 0.25) is 10.0 Å². The number of nitriles is 2. The van der Waals surface area contributed by atoms with E-state index in [9.17, 15) is 10.5 Å². The number of rotatable bonds is 9. The second-order valence-electron chi connectivity index (χ2n) is 10.1. The van der Waals surface area contributed by atoms with Crippen molar-refractivity contribution in [3.63, 3.8) is 0 Å².